The van der Waals surface area contributed by atoms with Crippen molar-refractivity contribution >= 4 is 5.95 Å². The molecule has 0 spiro atoms. The van der Waals surface area contributed by atoms with E-state index >= 15 is 0 Å². The fourth-order valence-electron chi connectivity index (χ4n) is 3.48. The van der Waals surface area contributed by atoms with E-state index in [0.29, 0.717) is 12.6 Å². The minimum Gasteiger partial charge on any atom is -0.383 e. The SMILES string of the molecule is COCCn1cnnc1[C@H](C)NC1CCN(c2nc(C)cc(C)n2)CC1. The molecule has 1 saturated heterocycles. The fourth-order valence-corrected chi connectivity index (χ4v) is 3.48. The first-order chi connectivity index (χ1) is 12.6. The fraction of sp³-hybridized carbons (Fsp3) is 0.667. The van der Waals surface area contributed by atoms with Crippen LogP contribution in [-0.4, -0.2) is 57.6 Å². The number of methoxy groups -OCH3 is 1. The lowest BCUT2D eigenvalue weighted by Crippen LogP contribution is -2.44. The Balaban J connectivity index is 1.54. The smallest absolute Gasteiger partial charge is 0.225 e. The van der Waals surface area contributed by atoms with Gasteiger partial charge in [0.05, 0.1) is 12.6 Å². The van der Waals surface area contributed by atoms with Gasteiger partial charge in [-0.15, -0.1) is 10.2 Å². The Morgan fingerprint density at radius 1 is 1.23 bits per heavy atom. The number of nitrogens with zero attached hydrogens (tertiary/aromatic N) is 6. The van der Waals surface area contributed by atoms with Gasteiger partial charge in [0.2, 0.25) is 5.95 Å². The summed E-state index contributed by atoms with van der Waals surface area (Å²) in [6, 6.07) is 2.63. The minimum absolute atomic E-state index is 0.156. The molecule has 3 heterocycles. The van der Waals surface area contributed by atoms with E-state index in [-0.39, 0.29) is 6.04 Å². The van der Waals surface area contributed by atoms with Crippen LogP contribution in [0.3, 0.4) is 0 Å². The third kappa shape index (κ3) is 4.56. The van der Waals surface area contributed by atoms with Gasteiger partial charge in [0, 0.05) is 44.2 Å². The minimum atomic E-state index is 0.156. The van der Waals surface area contributed by atoms with Gasteiger partial charge >= 0.3 is 0 Å². The van der Waals surface area contributed by atoms with Gasteiger partial charge in [-0.05, 0) is 39.7 Å². The van der Waals surface area contributed by atoms with Gasteiger partial charge in [0.25, 0.3) is 0 Å². The van der Waals surface area contributed by atoms with E-state index in [1.54, 1.807) is 13.4 Å². The standard InChI is InChI=1S/C18H29N7O/c1-13-11-14(2)21-18(20-13)24-7-5-16(6-8-24)22-15(3)17-23-19-12-25(17)9-10-26-4/h11-12,15-16,22H,5-10H2,1-4H3/t15-/m0/s1. The van der Waals surface area contributed by atoms with Crippen LogP contribution in [0.15, 0.2) is 12.4 Å². The number of aromatic nitrogens is 5. The van der Waals surface area contributed by atoms with Crippen LogP contribution in [0.5, 0.6) is 0 Å². The molecule has 0 bridgehead atoms. The maximum atomic E-state index is 5.16. The van der Waals surface area contributed by atoms with Crippen molar-refractivity contribution in [3.63, 3.8) is 0 Å². The van der Waals surface area contributed by atoms with Gasteiger partial charge in [0.15, 0.2) is 0 Å². The molecule has 0 radical (unpaired) electrons. The van der Waals surface area contributed by atoms with Crippen molar-refractivity contribution in [3.05, 3.63) is 29.6 Å². The molecule has 0 aliphatic carbocycles. The highest BCUT2D eigenvalue weighted by Crippen LogP contribution is 2.19. The quantitative estimate of drug-likeness (QED) is 0.805. The highest BCUT2D eigenvalue weighted by Gasteiger charge is 2.24. The van der Waals surface area contributed by atoms with E-state index in [1.807, 2.05) is 19.9 Å². The lowest BCUT2D eigenvalue weighted by Gasteiger charge is -2.34. The van der Waals surface area contributed by atoms with E-state index in [0.717, 1.165) is 55.6 Å². The molecule has 1 fully saturated rings. The summed E-state index contributed by atoms with van der Waals surface area (Å²) >= 11 is 0. The molecular formula is C18H29N7O. The molecule has 2 aromatic heterocycles. The molecular weight excluding hydrogens is 330 g/mol. The Hall–Kier alpha value is -2.06. The molecule has 0 unspecified atom stereocenters. The average Bonchev–Trinajstić information content (AvgIpc) is 3.08. The molecule has 142 valence electrons. The molecule has 0 saturated carbocycles. The van der Waals surface area contributed by atoms with Gasteiger partial charge in [0.1, 0.15) is 12.2 Å². The van der Waals surface area contributed by atoms with Crippen LogP contribution in [-0.2, 0) is 11.3 Å². The first-order valence-corrected chi connectivity index (χ1v) is 9.26. The number of piperidine rings is 1. The van der Waals surface area contributed by atoms with Gasteiger partial charge in [-0.25, -0.2) is 9.97 Å². The number of hydrogen-bond acceptors (Lipinski definition) is 7. The maximum absolute atomic E-state index is 5.16. The topological polar surface area (TPSA) is 81.0 Å². The summed E-state index contributed by atoms with van der Waals surface area (Å²) in [5.74, 6) is 1.82. The number of nitrogens with one attached hydrogen (secondary N) is 1. The zero-order valence-corrected chi connectivity index (χ0v) is 16.1. The van der Waals surface area contributed by atoms with Crippen molar-refractivity contribution in [1.82, 2.24) is 30.0 Å². The molecule has 0 aromatic carbocycles. The van der Waals surface area contributed by atoms with Crippen LogP contribution in [0.25, 0.3) is 0 Å². The second kappa shape index (κ2) is 8.55. The van der Waals surface area contributed by atoms with E-state index < -0.39 is 0 Å². The van der Waals surface area contributed by atoms with Crippen LogP contribution < -0.4 is 10.2 Å². The molecule has 3 rings (SSSR count). The number of aryl methyl sites for hydroxylation is 2. The van der Waals surface area contributed by atoms with Crippen LogP contribution in [0.1, 0.15) is 43.0 Å². The van der Waals surface area contributed by atoms with Gasteiger partial charge in [-0.1, -0.05) is 0 Å². The molecule has 8 nitrogen and oxygen atoms in total. The lowest BCUT2D eigenvalue weighted by molar-refractivity contribution is 0.185. The zero-order chi connectivity index (χ0) is 18.5. The first kappa shape index (κ1) is 18.7. The van der Waals surface area contributed by atoms with E-state index in [2.05, 4.69) is 41.9 Å². The average molecular weight is 359 g/mol. The van der Waals surface area contributed by atoms with Crippen LogP contribution in [0.2, 0.25) is 0 Å². The summed E-state index contributed by atoms with van der Waals surface area (Å²) in [7, 11) is 1.71. The molecule has 26 heavy (non-hydrogen) atoms. The van der Waals surface area contributed by atoms with E-state index in [1.165, 1.54) is 0 Å². The van der Waals surface area contributed by atoms with Crippen LogP contribution in [0, 0.1) is 13.8 Å². The number of anilines is 1. The summed E-state index contributed by atoms with van der Waals surface area (Å²) in [6.45, 7) is 9.54. The molecule has 1 N–H and O–H groups in total. The maximum Gasteiger partial charge on any atom is 0.225 e. The Morgan fingerprint density at radius 2 is 1.92 bits per heavy atom. The summed E-state index contributed by atoms with van der Waals surface area (Å²) < 4.78 is 7.21. The van der Waals surface area contributed by atoms with Crippen LogP contribution >= 0.6 is 0 Å². The number of hydrogen-bond donors (Lipinski definition) is 1. The third-order valence-electron chi connectivity index (χ3n) is 4.80. The Bertz CT molecular complexity index is 689. The molecule has 1 aliphatic rings. The zero-order valence-electron chi connectivity index (χ0n) is 16.1. The van der Waals surface area contributed by atoms with Crippen molar-refractivity contribution in [2.75, 3.05) is 31.7 Å². The molecule has 8 heteroatoms. The Morgan fingerprint density at radius 3 is 2.58 bits per heavy atom. The molecule has 2 aromatic rings. The van der Waals surface area contributed by atoms with Gasteiger partial charge in [-0.3, -0.25) is 0 Å². The second-order valence-corrected chi connectivity index (χ2v) is 6.98. The largest absolute Gasteiger partial charge is 0.383 e. The van der Waals surface area contributed by atoms with Crippen molar-refractivity contribution in [2.45, 2.75) is 52.2 Å². The van der Waals surface area contributed by atoms with Crippen LogP contribution in [0.4, 0.5) is 5.95 Å². The highest BCUT2D eigenvalue weighted by molar-refractivity contribution is 5.32. The Kier molecular flexibility index (Phi) is 6.16. The normalized spacial score (nSPS) is 16.8. The monoisotopic (exact) mass is 359 g/mol. The van der Waals surface area contributed by atoms with Crippen molar-refractivity contribution in [1.29, 1.82) is 0 Å². The Labute approximate surface area is 155 Å². The predicted molar refractivity (Wildman–Crippen MR) is 100 cm³/mol. The first-order valence-electron chi connectivity index (χ1n) is 9.26. The second-order valence-electron chi connectivity index (χ2n) is 6.98. The lowest BCUT2D eigenvalue weighted by atomic mass is 10.0. The number of rotatable bonds is 7. The van der Waals surface area contributed by atoms with Gasteiger partial charge in [-0.2, -0.15) is 0 Å². The van der Waals surface area contributed by atoms with E-state index in [4.69, 9.17) is 4.74 Å². The van der Waals surface area contributed by atoms with Crippen molar-refractivity contribution < 1.29 is 4.74 Å². The molecule has 1 aliphatic heterocycles. The summed E-state index contributed by atoms with van der Waals surface area (Å²) in [4.78, 5) is 11.5. The molecule has 0 amide bonds. The summed E-state index contributed by atoms with van der Waals surface area (Å²) in [6.07, 6.45) is 3.90. The molecule has 1 atom stereocenters. The van der Waals surface area contributed by atoms with Gasteiger partial charge < -0.3 is 19.5 Å². The van der Waals surface area contributed by atoms with Crippen molar-refractivity contribution in [3.8, 4) is 0 Å². The van der Waals surface area contributed by atoms with E-state index in [9.17, 15) is 0 Å². The third-order valence-corrected chi connectivity index (χ3v) is 4.80. The number of ether oxygens (including phenoxy) is 1. The summed E-state index contributed by atoms with van der Waals surface area (Å²) in [5, 5.41) is 12.0. The predicted octanol–water partition coefficient (Wildman–Crippen LogP) is 1.65. The highest BCUT2D eigenvalue weighted by atomic mass is 16.5. The summed E-state index contributed by atoms with van der Waals surface area (Å²) in [5.41, 5.74) is 2.05. The van der Waals surface area contributed by atoms with Crippen molar-refractivity contribution in [2.24, 2.45) is 0 Å².